The zero-order valence-corrected chi connectivity index (χ0v) is 46.4. The number of nitrogens with one attached hydrogen (secondary N) is 1. The van der Waals surface area contributed by atoms with Crippen LogP contribution >= 0.6 is 35.4 Å². The summed E-state index contributed by atoms with van der Waals surface area (Å²) in [6.07, 6.45) is -8.93. The number of primary amides is 1. The summed E-state index contributed by atoms with van der Waals surface area (Å²) in [6.45, 7) is 18.6. The number of esters is 1. The Hall–Kier alpha value is -2.05. The van der Waals surface area contributed by atoms with Gasteiger partial charge in [0.05, 0.1) is 52.2 Å². The van der Waals surface area contributed by atoms with E-state index in [1.807, 2.05) is 37.7 Å². The second-order valence-corrected chi connectivity index (χ2v) is 22.6. The van der Waals surface area contributed by atoms with Gasteiger partial charge >= 0.3 is 5.97 Å². The Morgan fingerprint density at radius 3 is 2.25 bits per heavy atom. The van der Waals surface area contributed by atoms with E-state index in [1.165, 1.54) is 14.0 Å². The summed E-state index contributed by atoms with van der Waals surface area (Å²) in [6, 6.07) is 3.88. The van der Waals surface area contributed by atoms with Crippen molar-refractivity contribution in [3.05, 3.63) is 28.2 Å². The number of thiocarbonyl (C=S) groups is 1. The van der Waals surface area contributed by atoms with Crippen molar-refractivity contribution >= 4 is 58.1 Å². The van der Waals surface area contributed by atoms with Crippen molar-refractivity contribution < 1.29 is 63.5 Å². The standard InChI is InChI=1S/C50H85Cl2N5O13S/c1-14-37-50(10,64)42(60)31(6)57(20-15-19-56(21-18-38(53)58)47(71)54-35-17-16-33(51)23-34(35)52)26-27(2)24-48(8,63)44(70-46-40(59)36(55(11)12)22-28(3)66-46)29(4)41(30(5)45(62)68-37)69-39-25-49(9,65-13)43(61)32(7)67-39/h16-17,23,27-32,36-37,39-44,46,59-61,63-64H,14-15,18-22,24-26H2,1-13H3,(H2,53,58)(H,54,71)/t27-,28-,29+,30-,31-,32+,36+,37-,39+,40-,41+,42-,43+,44-,46+,48-,49-,50-/m1/s1. The highest BCUT2D eigenvalue weighted by molar-refractivity contribution is 7.80. The van der Waals surface area contributed by atoms with Crippen molar-refractivity contribution in [3.8, 4) is 0 Å². The first-order chi connectivity index (χ1) is 33.0. The van der Waals surface area contributed by atoms with E-state index < -0.39 is 102 Å². The maximum absolute atomic E-state index is 14.6. The molecular formula is C50H85Cl2N5O13S. The summed E-state index contributed by atoms with van der Waals surface area (Å²) < 4.78 is 38.2. The molecule has 18 atom stereocenters. The normalized spacial score (nSPS) is 39.3. The Morgan fingerprint density at radius 2 is 1.66 bits per heavy atom. The molecule has 1 amide bonds. The zero-order chi connectivity index (χ0) is 53.5. The third kappa shape index (κ3) is 15.8. The largest absolute Gasteiger partial charge is 0.459 e. The molecule has 0 aliphatic carbocycles. The minimum atomic E-state index is -1.96. The quantitative estimate of drug-likeness (QED) is 0.0943. The predicted octanol–water partition coefficient (Wildman–Crippen LogP) is 4.54. The summed E-state index contributed by atoms with van der Waals surface area (Å²) in [5, 5.41) is 64.6. The van der Waals surface area contributed by atoms with E-state index in [0.717, 1.165) is 0 Å². The lowest BCUT2D eigenvalue weighted by atomic mass is 9.77. The number of cyclic esters (lactones) is 1. The average Bonchev–Trinajstić information content (AvgIpc) is 3.28. The molecule has 4 rings (SSSR count). The van der Waals surface area contributed by atoms with Crippen LogP contribution in [0.3, 0.4) is 0 Å². The van der Waals surface area contributed by atoms with Crippen LogP contribution in [0, 0.1) is 17.8 Å². The van der Waals surface area contributed by atoms with Crippen LogP contribution in [0.4, 0.5) is 5.69 Å². The van der Waals surface area contributed by atoms with Gasteiger partial charge in [-0.25, -0.2) is 0 Å². The van der Waals surface area contributed by atoms with E-state index in [9.17, 15) is 35.1 Å². The second-order valence-electron chi connectivity index (χ2n) is 21.3. The average molecular weight is 1070 g/mol. The SMILES string of the molecule is CC[C@H]1OC(=O)[C@H](C)[C@@H](O[C@H]2C[C@@](C)(OC)[C@@H](O)[C@H](C)O2)[C@H](C)[C@@H](O[C@@H]2O[C@H](C)C[C@H](N(C)C)[C@H]2O)[C@](C)(O)C[C@@H](C)CN(CCCN(CCC(N)=O)C(=S)Nc2ccc(Cl)cc2Cl)[C@H](C)[C@@H](O)[C@]1(C)O. The summed E-state index contributed by atoms with van der Waals surface area (Å²) in [7, 11) is 5.23. The maximum atomic E-state index is 14.6. The summed E-state index contributed by atoms with van der Waals surface area (Å²) in [5.41, 5.74) is 1.35. The topological polar surface area (TPSA) is 238 Å². The lowest BCUT2D eigenvalue weighted by Crippen LogP contribution is -2.60. The van der Waals surface area contributed by atoms with E-state index in [-0.39, 0.29) is 50.3 Å². The van der Waals surface area contributed by atoms with Gasteiger partial charge in [0, 0.05) is 69.2 Å². The van der Waals surface area contributed by atoms with Gasteiger partial charge in [0.25, 0.3) is 0 Å². The van der Waals surface area contributed by atoms with Crippen molar-refractivity contribution in [2.24, 2.45) is 23.5 Å². The number of carbonyl (C=O) groups is 2. The third-order valence-corrected chi connectivity index (χ3v) is 15.9. The van der Waals surface area contributed by atoms with Crippen molar-refractivity contribution in [2.75, 3.05) is 52.7 Å². The van der Waals surface area contributed by atoms with Crippen molar-refractivity contribution in [1.29, 1.82) is 0 Å². The van der Waals surface area contributed by atoms with Crippen LogP contribution in [-0.4, -0.2) is 195 Å². The number of likely N-dealkylation sites (N-methyl/N-ethyl adjacent to an activating group) is 1. The minimum Gasteiger partial charge on any atom is -0.459 e. The molecular weight excluding hydrogens is 982 g/mol. The molecule has 8 N–H and O–H groups in total. The van der Waals surface area contributed by atoms with Crippen molar-refractivity contribution in [2.45, 2.75) is 198 Å². The van der Waals surface area contributed by atoms with Crippen LogP contribution in [0.25, 0.3) is 0 Å². The summed E-state index contributed by atoms with van der Waals surface area (Å²) >= 11 is 18.4. The van der Waals surface area contributed by atoms with E-state index in [1.54, 1.807) is 71.6 Å². The molecule has 3 saturated heterocycles. The van der Waals surface area contributed by atoms with Crippen LogP contribution in [0.15, 0.2) is 18.2 Å². The van der Waals surface area contributed by atoms with Crippen molar-refractivity contribution in [3.63, 3.8) is 0 Å². The van der Waals surface area contributed by atoms with E-state index >= 15 is 0 Å². The molecule has 3 fully saturated rings. The molecule has 0 spiro atoms. The summed E-state index contributed by atoms with van der Waals surface area (Å²) in [5.74, 6) is -3.51. The predicted molar refractivity (Wildman–Crippen MR) is 276 cm³/mol. The molecule has 18 nitrogen and oxygen atoms in total. The first kappa shape index (κ1) is 61.5. The van der Waals surface area contributed by atoms with Crippen LogP contribution in [-0.2, 0) is 38.0 Å². The van der Waals surface area contributed by atoms with Crippen molar-refractivity contribution in [1.82, 2.24) is 14.7 Å². The lowest BCUT2D eigenvalue weighted by molar-refractivity contribution is -0.318. The van der Waals surface area contributed by atoms with Gasteiger partial charge in [-0.3, -0.25) is 14.5 Å². The number of ether oxygens (including phenoxy) is 6. The number of nitrogens with zero attached hydrogens (tertiary/aromatic N) is 3. The molecule has 3 aliphatic rings. The Labute approximate surface area is 437 Å². The number of nitrogens with two attached hydrogens (primary N) is 1. The number of aliphatic hydroxyl groups is 5. The van der Waals surface area contributed by atoms with Gasteiger partial charge in [-0.2, -0.15) is 0 Å². The second kappa shape index (κ2) is 26.1. The molecule has 3 heterocycles. The third-order valence-electron chi connectivity index (χ3n) is 15.0. The molecule has 0 bridgehead atoms. The first-order valence-corrected chi connectivity index (χ1v) is 26.2. The number of anilines is 1. The number of hydrogen-bond acceptors (Lipinski definition) is 16. The van der Waals surface area contributed by atoms with Gasteiger partial charge in [0.2, 0.25) is 5.91 Å². The highest BCUT2D eigenvalue weighted by Crippen LogP contribution is 2.40. The number of benzene rings is 1. The van der Waals surface area contributed by atoms with Gasteiger partial charge < -0.3 is 74.8 Å². The number of carbonyl (C=O) groups excluding carboxylic acids is 2. The van der Waals surface area contributed by atoms with Crippen LogP contribution in [0.5, 0.6) is 0 Å². The molecule has 0 saturated carbocycles. The highest BCUT2D eigenvalue weighted by atomic mass is 35.5. The number of rotatable bonds is 15. The fraction of sp³-hybridized carbons (Fsp3) is 0.820. The zero-order valence-electron chi connectivity index (χ0n) is 44.0. The van der Waals surface area contributed by atoms with Crippen LogP contribution in [0.1, 0.15) is 108 Å². The monoisotopic (exact) mass is 1070 g/mol. The van der Waals surface area contributed by atoms with Crippen LogP contribution < -0.4 is 11.1 Å². The smallest absolute Gasteiger partial charge is 0.311 e. The molecule has 408 valence electrons. The molecule has 0 radical (unpaired) electrons. The Balaban J connectivity index is 1.78. The summed E-state index contributed by atoms with van der Waals surface area (Å²) in [4.78, 5) is 32.4. The number of amides is 1. The van der Waals surface area contributed by atoms with E-state index in [2.05, 4.69) is 5.32 Å². The molecule has 71 heavy (non-hydrogen) atoms. The molecule has 3 aliphatic heterocycles. The van der Waals surface area contributed by atoms with E-state index in [0.29, 0.717) is 53.3 Å². The van der Waals surface area contributed by atoms with Gasteiger partial charge in [-0.15, -0.1) is 0 Å². The highest BCUT2D eigenvalue weighted by Gasteiger charge is 2.53. The van der Waals surface area contributed by atoms with Gasteiger partial charge in [0.15, 0.2) is 17.7 Å². The number of methoxy groups -OCH3 is 1. The first-order valence-electron chi connectivity index (χ1n) is 25.0. The van der Waals surface area contributed by atoms with Gasteiger partial charge in [-0.1, -0.05) is 44.0 Å². The molecule has 1 aromatic rings. The Morgan fingerprint density at radius 1 is 1.00 bits per heavy atom. The molecule has 21 heteroatoms. The fourth-order valence-corrected chi connectivity index (χ4v) is 11.5. The molecule has 0 unspecified atom stereocenters. The minimum absolute atomic E-state index is 0.0212. The number of aliphatic hydroxyl groups excluding tert-OH is 3. The number of hydrogen-bond donors (Lipinski definition) is 7. The van der Waals surface area contributed by atoms with E-state index in [4.69, 9.17) is 69.6 Å². The molecule has 0 aromatic heterocycles. The maximum Gasteiger partial charge on any atom is 0.311 e. The Bertz CT molecular complexity index is 1910. The molecule has 1 aromatic carbocycles. The fourth-order valence-electron chi connectivity index (χ4n) is 10.7. The lowest BCUT2D eigenvalue weighted by Gasteiger charge is -2.48. The van der Waals surface area contributed by atoms with Crippen LogP contribution in [0.2, 0.25) is 10.0 Å². The van der Waals surface area contributed by atoms with Gasteiger partial charge in [0.1, 0.15) is 30.0 Å². The Kier molecular flexibility index (Phi) is 22.6. The number of halogens is 2. The van der Waals surface area contributed by atoms with Gasteiger partial charge in [-0.05, 0) is 125 Å².